The highest BCUT2D eigenvalue weighted by atomic mass is 28.2. The minimum Gasteiger partial charge on any atom is -0.508 e. The maximum atomic E-state index is 9.41. The topological polar surface area (TPSA) is 38.7 Å². The van der Waals surface area contributed by atoms with E-state index in [0.29, 0.717) is 5.75 Å². The summed E-state index contributed by atoms with van der Waals surface area (Å²) in [6.45, 7) is 1.84. The third kappa shape index (κ3) is 3.18. The van der Waals surface area contributed by atoms with Crippen molar-refractivity contribution in [1.82, 2.24) is 0 Å². The van der Waals surface area contributed by atoms with E-state index in [1.807, 2.05) is 19.1 Å². The van der Waals surface area contributed by atoms with Crippen molar-refractivity contribution in [2.45, 2.75) is 13.2 Å². The number of ether oxygens (including phenoxy) is 1. The van der Waals surface area contributed by atoms with E-state index in [0.717, 1.165) is 5.19 Å². The van der Waals surface area contributed by atoms with Gasteiger partial charge in [0.05, 0.1) is 0 Å². The molecule has 0 aliphatic heterocycles. The molecular formula is C9H14O3Si. The Hall–Kier alpha value is -0.843. The molecule has 0 aliphatic rings. The average molecular weight is 198 g/mol. The monoisotopic (exact) mass is 198 g/mol. The Morgan fingerprint density at radius 2 is 2.08 bits per heavy atom. The summed E-state index contributed by atoms with van der Waals surface area (Å²) in [4.78, 5) is 0. The summed E-state index contributed by atoms with van der Waals surface area (Å²) in [6.07, 6.45) is -0.189. The van der Waals surface area contributed by atoms with Crippen LogP contribution >= 0.6 is 0 Å². The van der Waals surface area contributed by atoms with E-state index in [1.54, 1.807) is 19.2 Å². The molecule has 72 valence electrons. The van der Waals surface area contributed by atoms with Crippen molar-refractivity contribution in [2.75, 3.05) is 7.11 Å². The highest BCUT2D eigenvalue weighted by Gasteiger charge is 2.03. The van der Waals surface area contributed by atoms with Crippen LogP contribution in [0.3, 0.4) is 0 Å². The first-order valence-corrected chi connectivity index (χ1v) is 5.43. The van der Waals surface area contributed by atoms with E-state index in [4.69, 9.17) is 9.16 Å². The number of hydrogen-bond acceptors (Lipinski definition) is 3. The Labute approximate surface area is 80.2 Å². The lowest BCUT2D eigenvalue weighted by molar-refractivity contribution is -0.0356. The lowest BCUT2D eigenvalue weighted by Gasteiger charge is -2.11. The minimum atomic E-state index is -0.874. The van der Waals surface area contributed by atoms with Crippen molar-refractivity contribution in [2.24, 2.45) is 0 Å². The zero-order valence-corrected chi connectivity index (χ0v) is 9.27. The molecule has 0 amide bonds. The molecule has 0 spiro atoms. The molecule has 1 rings (SSSR count). The summed E-state index contributed by atoms with van der Waals surface area (Å²) in [5, 5.41) is 10.3. The number of rotatable bonds is 4. The van der Waals surface area contributed by atoms with Crippen LogP contribution in [0.2, 0.25) is 0 Å². The van der Waals surface area contributed by atoms with Crippen molar-refractivity contribution in [1.29, 1.82) is 0 Å². The molecule has 0 fully saturated rings. The van der Waals surface area contributed by atoms with E-state index in [1.165, 1.54) is 0 Å². The van der Waals surface area contributed by atoms with Gasteiger partial charge in [-0.1, -0.05) is 18.2 Å². The summed E-state index contributed by atoms with van der Waals surface area (Å²) in [6, 6.07) is 7.24. The van der Waals surface area contributed by atoms with Crippen molar-refractivity contribution < 1.29 is 14.3 Å². The third-order valence-corrected chi connectivity index (χ3v) is 3.34. The van der Waals surface area contributed by atoms with E-state index in [-0.39, 0.29) is 6.29 Å². The van der Waals surface area contributed by atoms with E-state index in [9.17, 15) is 5.11 Å². The van der Waals surface area contributed by atoms with Gasteiger partial charge in [0.25, 0.3) is 0 Å². The van der Waals surface area contributed by atoms with Gasteiger partial charge in [0.1, 0.15) is 12.0 Å². The predicted molar refractivity (Wildman–Crippen MR) is 53.8 cm³/mol. The minimum absolute atomic E-state index is 0.189. The molecule has 13 heavy (non-hydrogen) atoms. The second-order valence-corrected chi connectivity index (χ2v) is 4.13. The zero-order chi connectivity index (χ0) is 9.68. The maximum Gasteiger partial charge on any atom is 0.199 e. The van der Waals surface area contributed by atoms with Crippen LogP contribution < -0.4 is 5.19 Å². The van der Waals surface area contributed by atoms with E-state index in [2.05, 4.69) is 0 Å². The number of methoxy groups -OCH3 is 1. The first kappa shape index (κ1) is 10.2. The molecule has 0 bridgehead atoms. The molecule has 1 aromatic rings. The molecule has 4 heteroatoms. The molecular weight excluding hydrogens is 184 g/mol. The molecule has 0 radical (unpaired) electrons. The lowest BCUT2D eigenvalue weighted by Crippen LogP contribution is -2.23. The van der Waals surface area contributed by atoms with Crippen molar-refractivity contribution in [3.05, 3.63) is 24.3 Å². The zero-order valence-electron chi connectivity index (χ0n) is 7.86. The van der Waals surface area contributed by atoms with Gasteiger partial charge in [-0.15, -0.1) is 0 Å². The first-order valence-electron chi connectivity index (χ1n) is 4.15. The summed E-state index contributed by atoms with van der Waals surface area (Å²) in [5.41, 5.74) is 0. The number of hydrogen-bond donors (Lipinski definition) is 1. The fourth-order valence-electron chi connectivity index (χ4n) is 0.908. The van der Waals surface area contributed by atoms with Crippen LogP contribution in [0.25, 0.3) is 0 Å². The summed E-state index contributed by atoms with van der Waals surface area (Å²) in [5.74, 6) is 0.317. The van der Waals surface area contributed by atoms with Gasteiger partial charge < -0.3 is 14.3 Å². The summed E-state index contributed by atoms with van der Waals surface area (Å²) in [7, 11) is 0.727. The fourth-order valence-corrected chi connectivity index (χ4v) is 1.96. The van der Waals surface area contributed by atoms with E-state index >= 15 is 0 Å². The van der Waals surface area contributed by atoms with Crippen LogP contribution in [-0.4, -0.2) is 28.3 Å². The highest BCUT2D eigenvalue weighted by molar-refractivity contribution is 6.48. The fraction of sp³-hybridized carbons (Fsp3) is 0.333. The van der Waals surface area contributed by atoms with Gasteiger partial charge in [0, 0.05) is 12.3 Å². The number of para-hydroxylation sites is 1. The molecule has 1 N–H and O–H groups in total. The van der Waals surface area contributed by atoms with Gasteiger partial charge in [-0.05, 0) is 13.0 Å². The van der Waals surface area contributed by atoms with Crippen LogP contribution in [0.5, 0.6) is 5.75 Å². The van der Waals surface area contributed by atoms with Crippen LogP contribution in [-0.2, 0) is 9.16 Å². The van der Waals surface area contributed by atoms with Crippen molar-refractivity contribution in [3.8, 4) is 5.75 Å². The Morgan fingerprint density at radius 3 is 2.69 bits per heavy atom. The maximum absolute atomic E-state index is 9.41. The van der Waals surface area contributed by atoms with E-state index < -0.39 is 9.76 Å². The number of phenolic OH excluding ortho intramolecular Hbond substituents is 1. The van der Waals surface area contributed by atoms with Gasteiger partial charge in [-0.2, -0.15) is 0 Å². The quantitative estimate of drug-likeness (QED) is 0.551. The molecule has 0 saturated heterocycles. The largest absolute Gasteiger partial charge is 0.508 e. The smallest absolute Gasteiger partial charge is 0.199 e. The van der Waals surface area contributed by atoms with Gasteiger partial charge in [0.2, 0.25) is 0 Å². The molecule has 1 aromatic carbocycles. The molecule has 0 aromatic heterocycles. The van der Waals surface area contributed by atoms with Gasteiger partial charge >= 0.3 is 0 Å². The predicted octanol–water partition coefficient (Wildman–Crippen LogP) is 0.110. The Balaban J connectivity index is 2.50. The first-order chi connectivity index (χ1) is 6.24. The van der Waals surface area contributed by atoms with Crippen LogP contribution in [0, 0.1) is 0 Å². The van der Waals surface area contributed by atoms with Crippen molar-refractivity contribution >= 4 is 14.9 Å². The normalized spacial score (nSPS) is 13.7. The SMILES string of the molecule is COC(C)O[SiH2]c1ccccc1O. The van der Waals surface area contributed by atoms with Crippen molar-refractivity contribution in [3.63, 3.8) is 0 Å². The average Bonchev–Trinajstić information content (AvgIpc) is 2.16. The van der Waals surface area contributed by atoms with Crippen LogP contribution in [0.1, 0.15) is 6.92 Å². The lowest BCUT2D eigenvalue weighted by atomic mass is 10.3. The molecule has 1 unspecified atom stereocenters. The Kier molecular flexibility index (Phi) is 3.95. The van der Waals surface area contributed by atoms with Gasteiger partial charge in [0.15, 0.2) is 9.76 Å². The second-order valence-electron chi connectivity index (χ2n) is 2.74. The molecule has 3 nitrogen and oxygen atoms in total. The van der Waals surface area contributed by atoms with Crippen LogP contribution in [0.4, 0.5) is 0 Å². The standard InChI is InChI=1S/C9H14O3Si/c1-7(11-2)12-13-9-6-4-3-5-8(9)10/h3-7,10H,13H2,1-2H3. The summed E-state index contributed by atoms with van der Waals surface area (Å²) >= 11 is 0. The third-order valence-electron chi connectivity index (χ3n) is 1.80. The number of benzene rings is 1. The summed E-state index contributed by atoms with van der Waals surface area (Å²) < 4.78 is 10.4. The van der Waals surface area contributed by atoms with Crippen LogP contribution in [0.15, 0.2) is 24.3 Å². The number of phenols is 1. The Bertz CT molecular complexity index is 265. The number of aromatic hydroxyl groups is 1. The van der Waals surface area contributed by atoms with Gasteiger partial charge in [-0.3, -0.25) is 0 Å². The van der Waals surface area contributed by atoms with Gasteiger partial charge in [-0.25, -0.2) is 0 Å². The molecule has 1 atom stereocenters. The Morgan fingerprint density at radius 1 is 1.38 bits per heavy atom. The highest BCUT2D eigenvalue weighted by Crippen LogP contribution is 2.02. The molecule has 0 heterocycles. The molecule has 0 saturated carbocycles. The second kappa shape index (κ2) is 5.01. The molecule has 0 aliphatic carbocycles.